The maximum Gasteiger partial charge on any atom is 0.293 e. The number of furan rings is 1. The molecule has 1 saturated heterocycles. The number of rotatable bonds is 4. The summed E-state index contributed by atoms with van der Waals surface area (Å²) in [5, 5.41) is 20.2. The van der Waals surface area contributed by atoms with Gasteiger partial charge < -0.3 is 9.32 Å². The first-order chi connectivity index (χ1) is 11.2. The Kier molecular flexibility index (Phi) is 4.26. The van der Waals surface area contributed by atoms with Crippen molar-refractivity contribution in [3.63, 3.8) is 0 Å². The highest BCUT2D eigenvalue weighted by Crippen LogP contribution is 2.30. The summed E-state index contributed by atoms with van der Waals surface area (Å²) in [5.74, 6) is 0.919. The van der Waals surface area contributed by atoms with E-state index in [1.807, 2.05) is 23.1 Å². The number of piperazine rings is 1. The lowest BCUT2D eigenvalue weighted by molar-refractivity contribution is -0.384. The lowest BCUT2D eigenvalue weighted by Crippen LogP contribution is -2.46. The molecule has 3 rings (SSSR count). The molecule has 0 N–H and O–H groups in total. The van der Waals surface area contributed by atoms with Gasteiger partial charge in [0.1, 0.15) is 11.4 Å². The smallest absolute Gasteiger partial charge is 0.293 e. The molecule has 23 heavy (non-hydrogen) atoms. The summed E-state index contributed by atoms with van der Waals surface area (Å²) in [7, 11) is 0. The third-order valence-electron chi connectivity index (χ3n) is 3.97. The Morgan fingerprint density at radius 1 is 1.26 bits per heavy atom. The van der Waals surface area contributed by atoms with Crippen molar-refractivity contribution in [2.75, 3.05) is 31.1 Å². The van der Waals surface area contributed by atoms with Crippen molar-refractivity contribution in [3.8, 4) is 6.07 Å². The fourth-order valence-electron chi connectivity index (χ4n) is 2.78. The Morgan fingerprint density at radius 3 is 2.65 bits per heavy atom. The highest BCUT2D eigenvalue weighted by Gasteiger charge is 2.24. The quantitative estimate of drug-likeness (QED) is 0.636. The minimum atomic E-state index is -0.425. The molecule has 0 bridgehead atoms. The van der Waals surface area contributed by atoms with Crippen LogP contribution in [0.25, 0.3) is 0 Å². The number of anilines is 1. The topological polar surface area (TPSA) is 86.5 Å². The monoisotopic (exact) mass is 312 g/mol. The maximum absolute atomic E-state index is 11.3. The number of nitro groups is 1. The normalized spacial score (nSPS) is 15.3. The van der Waals surface area contributed by atoms with Crippen LogP contribution in [0.3, 0.4) is 0 Å². The maximum atomic E-state index is 11.3. The van der Waals surface area contributed by atoms with E-state index in [1.165, 1.54) is 6.07 Å². The number of nitrogens with zero attached hydrogens (tertiary/aromatic N) is 4. The number of hydrogen-bond donors (Lipinski definition) is 0. The Hall–Kier alpha value is -2.85. The fraction of sp³-hybridized carbons (Fsp3) is 0.312. The highest BCUT2D eigenvalue weighted by molar-refractivity contribution is 5.65. The predicted octanol–water partition coefficient (Wildman–Crippen LogP) is 2.38. The van der Waals surface area contributed by atoms with Gasteiger partial charge in [-0.3, -0.25) is 15.0 Å². The molecule has 1 aliphatic rings. The zero-order valence-corrected chi connectivity index (χ0v) is 12.5. The highest BCUT2D eigenvalue weighted by atomic mass is 16.6. The van der Waals surface area contributed by atoms with Gasteiger partial charge in [0.05, 0.1) is 29.4 Å². The SMILES string of the molecule is N#Cc1ccc(N2CCN(Cc3ccco3)CC2)c([N+](=O)[O-])c1. The van der Waals surface area contributed by atoms with Crippen LogP contribution in [0.15, 0.2) is 41.0 Å². The second-order valence-electron chi connectivity index (χ2n) is 5.41. The number of benzene rings is 1. The summed E-state index contributed by atoms with van der Waals surface area (Å²) in [6.45, 7) is 3.76. The number of hydrogen-bond acceptors (Lipinski definition) is 6. The van der Waals surface area contributed by atoms with E-state index in [4.69, 9.17) is 9.68 Å². The Bertz CT molecular complexity index is 728. The van der Waals surface area contributed by atoms with Crippen LogP contribution in [0, 0.1) is 21.4 Å². The van der Waals surface area contributed by atoms with Gasteiger partial charge in [-0.2, -0.15) is 5.26 Å². The summed E-state index contributed by atoms with van der Waals surface area (Å²) >= 11 is 0. The first-order valence-corrected chi connectivity index (χ1v) is 7.35. The Morgan fingerprint density at radius 2 is 2.04 bits per heavy atom. The van der Waals surface area contributed by atoms with Gasteiger partial charge in [0.2, 0.25) is 0 Å². The molecule has 1 aliphatic heterocycles. The van der Waals surface area contributed by atoms with E-state index in [9.17, 15) is 10.1 Å². The van der Waals surface area contributed by atoms with Gasteiger partial charge >= 0.3 is 0 Å². The van der Waals surface area contributed by atoms with Crippen molar-refractivity contribution < 1.29 is 9.34 Å². The van der Waals surface area contributed by atoms with Crippen LogP contribution in [-0.2, 0) is 6.54 Å². The molecule has 2 heterocycles. The van der Waals surface area contributed by atoms with Crippen molar-refractivity contribution in [1.29, 1.82) is 5.26 Å². The average molecular weight is 312 g/mol. The molecule has 0 radical (unpaired) electrons. The predicted molar refractivity (Wildman–Crippen MR) is 84.0 cm³/mol. The van der Waals surface area contributed by atoms with Gasteiger partial charge in [-0.1, -0.05) is 0 Å². The molecule has 1 aromatic carbocycles. The fourth-order valence-corrected chi connectivity index (χ4v) is 2.78. The number of nitriles is 1. The van der Waals surface area contributed by atoms with E-state index < -0.39 is 4.92 Å². The lowest BCUT2D eigenvalue weighted by atomic mass is 10.1. The largest absolute Gasteiger partial charge is 0.468 e. The molecule has 0 saturated carbocycles. The molecular weight excluding hydrogens is 296 g/mol. The summed E-state index contributed by atoms with van der Waals surface area (Å²) < 4.78 is 5.35. The van der Waals surface area contributed by atoms with Crippen LogP contribution < -0.4 is 4.90 Å². The van der Waals surface area contributed by atoms with Gasteiger partial charge in [0.25, 0.3) is 5.69 Å². The summed E-state index contributed by atoms with van der Waals surface area (Å²) in [6, 6.07) is 10.4. The lowest BCUT2D eigenvalue weighted by Gasteiger charge is -2.35. The van der Waals surface area contributed by atoms with Crippen molar-refractivity contribution in [2.45, 2.75) is 6.54 Å². The molecule has 0 spiro atoms. The molecule has 1 aromatic heterocycles. The van der Waals surface area contributed by atoms with Crippen LogP contribution in [0.4, 0.5) is 11.4 Å². The molecule has 2 aromatic rings. The standard InChI is InChI=1S/C16H16N4O3/c17-11-13-3-4-15(16(10-13)20(21)22)19-7-5-18(6-8-19)12-14-2-1-9-23-14/h1-4,9-10H,5-8,12H2. The molecule has 0 unspecified atom stereocenters. The van der Waals surface area contributed by atoms with Crippen LogP contribution in [0.1, 0.15) is 11.3 Å². The Balaban J connectivity index is 1.70. The average Bonchev–Trinajstić information content (AvgIpc) is 3.08. The first-order valence-electron chi connectivity index (χ1n) is 7.35. The second-order valence-corrected chi connectivity index (χ2v) is 5.41. The van der Waals surface area contributed by atoms with E-state index in [0.717, 1.165) is 25.4 Å². The van der Waals surface area contributed by atoms with E-state index >= 15 is 0 Å². The second kappa shape index (κ2) is 6.50. The van der Waals surface area contributed by atoms with E-state index in [1.54, 1.807) is 18.4 Å². The van der Waals surface area contributed by atoms with Gasteiger partial charge in [0, 0.05) is 32.2 Å². The third kappa shape index (κ3) is 3.33. The summed E-state index contributed by atoms with van der Waals surface area (Å²) in [6.07, 6.45) is 1.66. The minimum absolute atomic E-state index is 0.0106. The number of nitro benzene ring substituents is 1. The molecule has 1 fully saturated rings. The summed E-state index contributed by atoms with van der Waals surface area (Å²) in [4.78, 5) is 15.1. The molecule has 0 amide bonds. The minimum Gasteiger partial charge on any atom is -0.468 e. The van der Waals surface area contributed by atoms with E-state index in [2.05, 4.69) is 4.90 Å². The van der Waals surface area contributed by atoms with Crippen molar-refractivity contribution in [3.05, 3.63) is 58.0 Å². The van der Waals surface area contributed by atoms with Crippen LogP contribution in [0.5, 0.6) is 0 Å². The van der Waals surface area contributed by atoms with Gasteiger partial charge in [-0.15, -0.1) is 0 Å². The van der Waals surface area contributed by atoms with Crippen LogP contribution in [-0.4, -0.2) is 36.0 Å². The molecule has 7 nitrogen and oxygen atoms in total. The van der Waals surface area contributed by atoms with E-state index in [-0.39, 0.29) is 5.69 Å². The van der Waals surface area contributed by atoms with Crippen LogP contribution >= 0.6 is 0 Å². The van der Waals surface area contributed by atoms with Crippen molar-refractivity contribution in [2.24, 2.45) is 0 Å². The zero-order valence-electron chi connectivity index (χ0n) is 12.5. The van der Waals surface area contributed by atoms with E-state index in [0.29, 0.717) is 24.3 Å². The molecule has 118 valence electrons. The first kappa shape index (κ1) is 15.1. The zero-order chi connectivity index (χ0) is 16.2. The van der Waals surface area contributed by atoms with Gasteiger partial charge in [-0.25, -0.2) is 0 Å². The Labute approximate surface area is 133 Å². The van der Waals surface area contributed by atoms with Gasteiger partial charge in [-0.05, 0) is 24.3 Å². The molecular formula is C16H16N4O3. The molecule has 7 heteroatoms. The van der Waals surface area contributed by atoms with Gasteiger partial charge in [0.15, 0.2) is 0 Å². The molecule has 0 aliphatic carbocycles. The van der Waals surface area contributed by atoms with Crippen molar-refractivity contribution >= 4 is 11.4 Å². The summed E-state index contributed by atoms with van der Waals surface area (Å²) in [5.41, 5.74) is 0.868. The van der Waals surface area contributed by atoms with Crippen LogP contribution in [0.2, 0.25) is 0 Å². The van der Waals surface area contributed by atoms with Crippen molar-refractivity contribution in [1.82, 2.24) is 4.90 Å². The third-order valence-corrected chi connectivity index (χ3v) is 3.97. The molecule has 0 atom stereocenters.